The Bertz CT molecular complexity index is 731. The molecule has 3 aromatic rings. The highest BCUT2D eigenvalue weighted by Gasteiger charge is 2.19. The van der Waals surface area contributed by atoms with Gasteiger partial charge in [0.1, 0.15) is 17.4 Å². The topological polar surface area (TPSA) is 25.2 Å². The van der Waals surface area contributed by atoms with Crippen LogP contribution in [-0.2, 0) is 0 Å². The van der Waals surface area contributed by atoms with Gasteiger partial charge in [0.2, 0.25) is 0 Å². The number of rotatable bonds is 4. The van der Waals surface area contributed by atoms with Crippen molar-refractivity contribution in [1.82, 2.24) is 5.32 Å². The molecule has 2 nitrogen and oxygen atoms in total. The molecule has 0 spiro atoms. The minimum Gasteiger partial charge on any atom is -0.459 e. The Balaban J connectivity index is 2.04. The normalized spacial score (nSPS) is 12.9. The van der Waals surface area contributed by atoms with Crippen molar-refractivity contribution in [1.29, 1.82) is 0 Å². The Morgan fingerprint density at radius 1 is 1.25 bits per heavy atom. The monoisotopic (exact) mass is 305 g/mol. The first-order valence-corrected chi connectivity index (χ1v) is 7.85. The number of hydrogen-bond donors (Lipinski definition) is 1. The van der Waals surface area contributed by atoms with Gasteiger partial charge < -0.3 is 9.73 Å². The van der Waals surface area contributed by atoms with Crippen molar-refractivity contribution in [2.45, 2.75) is 19.9 Å². The minimum atomic E-state index is 0.0604. The first-order valence-electron chi connectivity index (χ1n) is 6.66. The van der Waals surface area contributed by atoms with E-state index in [1.165, 1.54) is 10.4 Å². The van der Waals surface area contributed by atoms with Crippen LogP contribution in [0, 0.1) is 6.92 Å². The smallest absolute Gasteiger partial charge is 0.134 e. The first-order chi connectivity index (χ1) is 9.67. The number of furan rings is 1. The molecule has 1 N–H and O–H groups in total. The standard InChI is InChI=1S/C16H16ClNOS/c1-3-18-16(14-6-7-15(17)20-14)13-9-11-8-10(2)4-5-12(11)19-13/h4-9,16,18H,3H2,1-2H3. The second-order valence-electron chi connectivity index (χ2n) is 4.82. The fraction of sp³-hybridized carbons (Fsp3) is 0.250. The highest BCUT2D eigenvalue weighted by atomic mass is 35.5. The summed E-state index contributed by atoms with van der Waals surface area (Å²) < 4.78 is 6.80. The van der Waals surface area contributed by atoms with Crippen molar-refractivity contribution in [2.75, 3.05) is 6.54 Å². The summed E-state index contributed by atoms with van der Waals surface area (Å²) in [4.78, 5) is 1.17. The quantitative estimate of drug-likeness (QED) is 0.720. The number of thiophene rings is 1. The Morgan fingerprint density at radius 2 is 2.10 bits per heavy atom. The number of aryl methyl sites for hydroxylation is 1. The summed E-state index contributed by atoms with van der Waals surface area (Å²) in [7, 11) is 0. The number of nitrogens with one attached hydrogen (secondary N) is 1. The molecule has 20 heavy (non-hydrogen) atoms. The molecular weight excluding hydrogens is 290 g/mol. The van der Waals surface area contributed by atoms with Gasteiger partial charge in [0.05, 0.1) is 4.34 Å². The van der Waals surface area contributed by atoms with Crippen LogP contribution in [0.4, 0.5) is 0 Å². The van der Waals surface area contributed by atoms with Gasteiger partial charge in [0, 0.05) is 10.3 Å². The van der Waals surface area contributed by atoms with Crippen LogP contribution in [0.25, 0.3) is 11.0 Å². The van der Waals surface area contributed by atoms with E-state index in [0.717, 1.165) is 27.6 Å². The second kappa shape index (κ2) is 5.60. The van der Waals surface area contributed by atoms with E-state index in [2.05, 4.69) is 43.4 Å². The molecule has 2 aromatic heterocycles. The minimum absolute atomic E-state index is 0.0604. The van der Waals surface area contributed by atoms with E-state index in [-0.39, 0.29) is 6.04 Å². The van der Waals surface area contributed by atoms with Crippen molar-refractivity contribution in [2.24, 2.45) is 0 Å². The summed E-state index contributed by atoms with van der Waals surface area (Å²) in [6, 6.07) is 12.4. The lowest BCUT2D eigenvalue weighted by Gasteiger charge is -2.13. The van der Waals surface area contributed by atoms with Crippen LogP contribution in [0.5, 0.6) is 0 Å². The molecule has 104 valence electrons. The average molecular weight is 306 g/mol. The molecule has 1 aromatic carbocycles. The van der Waals surface area contributed by atoms with Crippen LogP contribution in [0.3, 0.4) is 0 Å². The molecule has 0 fully saturated rings. The number of halogens is 1. The Morgan fingerprint density at radius 3 is 2.80 bits per heavy atom. The fourth-order valence-electron chi connectivity index (χ4n) is 2.35. The third kappa shape index (κ3) is 2.62. The lowest BCUT2D eigenvalue weighted by molar-refractivity contribution is 0.481. The van der Waals surface area contributed by atoms with Crippen LogP contribution < -0.4 is 5.32 Å². The van der Waals surface area contributed by atoms with Gasteiger partial charge in [-0.15, -0.1) is 11.3 Å². The SMILES string of the molecule is CCNC(c1cc2cc(C)ccc2o1)c1ccc(Cl)s1. The van der Waals surface area contributed by atoms with E-state index in [1.54, 1.807) is 11.3 Å². The second-order valence-corrected chi connectivity index (χ2v) is 6.57. The Labute approximate surface area is 127 Å². The molecule has 0 amide bonds. The molecule has 1 unspecified atom stereocenters. The first kappa shape index (κ1) is 13.7. The summed E-state index contributed by atoms with van der Waals surface area (Å²) >= 11 is 7.64. The molecule has 0 aliphatic heterocycles. The largest absolute Gasteiger partial charge is 0.459 e. The van der Waals surface area contributed by atoms with Gasteiger partial charge >= 0.3 is 0 Å². The van der Waals surface area contributed by atoms with Gasteiger partial charge in [-0.3, -0.25) is 0 Å². The van der Waals surface area contributed by atoms with Crippen molar-refractivity contribution in [3.05, 3.63) is 56.9 Å². The lowest BCUT2D eigenvalue weighted by Crippen LogP contribution is -2.20. The summed E-state index contributed by atoms with van der Waals surface area (Å²) in [6.07, 6.45) is 0. The summed E-state index contributed by atoms with van der Waals surface area (Å²) in [6.45, 7) is 5.05. The molecule has 0 radical (unpaired) electrons. The zero-order chi connectivity index (χ0) is 14.1. The van der Waals surface area contributed by atoms with E-state index < -0.39 is 0 Å². The number of hydrogen-bond acceptors (Lipinski definition) is 3. The van der Waals surface area contributed by atoms with Crippen LogP contribution in [0.2, 0.25) is 4.34 Å². The third-order valence-corrected chi connectivity index (χ3v) is 4.56. The molecular formula is C16H16ClNOS. The average Bonchev–Trinajstić information content (AvgIpc) is 3.01. The van der Waals surface area contributed by atoms with Gasteiger partial charge in [0.15, 0.2) is 0 Å². The van der Waals surface area contributed by atoms with E-state index in [9.17, 15) is 0 Å². The van der Waals surface area contributed by atoms with Crippen molar-refractivity contribution < 1.29 is 4.42 Å². The molecule has 0 bridgehead atoms. The zero-order valence-electron chi connectivity index (χ0n) is 11.4. The van der Waals surface area contributed by atoms with Crippen LogP contribution >= 0.6 is 22.9 Å². The molecule has 3 rings (SSSR count). The summed E-state index contributed by atoms with van der Waals surface area (Å²) in [5, 5.41) is 4.61. The molecule has 0 saturated heterocycles. The van der Waals surface area contributed by atoms with Gasteiger partial charge in [0.25, 0.3) is 0 Å². The molecule has 4 heteroatoms. The zero-order valence-corrected chi connectivity index (χ0v) is 13.0. The van der Waals surface area contributed by atoms with Crippen molar-refractivity contribution in [3.63, 3.8) is 0 Å². The van der Waals surface area contributed by atoms with Crippen LogP contribution in [0.15, 0.2) is 40.8 Å². The lowest BCUT2D eigenvalue weighted by atomic mass is 10.1. The highest BCUT2D eigenvalue weighted by Crippen LogP contribution is 2.33. The van der Waals surface area contributed by atoms with E-state index in [1.807, 2.05) is 12.1 Å². The summed E-state index contributed by atoms with van der Waals surface area (Å²) in [5.41, 5.74) is 2.17. The molecule has 0 aliphatic carbocycles. The molecule has 1 atom stereocenters. The van der Waals surface area contributed by atoms with Crippen LogP contribution in [-0.4, -0.2) is 6.54 Å². The van der Waals surface area contributed by atoms with Gasteiger partial charge in [-0.25, -0.2) is 0 Å². The molecule has 2 heterocycles. The van der Waals surface area contributed by atoms with E-state index >= 15 is 0 Å². The van der Waals surface area contributed by atoms with Gasteiger partial charge in [-0.2, -0.15) is 0 Å². The van der Waals surface area contributed by atoms with E-state index in [0.29, 0.717) is 0 Å². The highest BCUT2D eigenvalue weighted by molar-refractivity contribution is 7.16. The van der Waals surface area contributed by atoms with Crippen molar-refractivity contribution in [3.8, 4) is 0 Å². The maximum atomic E-state index is 6.05. The summed E-state index contributed by atoms with van der Waals surface area (Å²) in [5.74, 6) is 0.936. The predicted molar refractivity (Wildman–Crippen MR) is 85.8 cm³/mol. The maximum Gasteiger partial charge on any atom is 0.134 e. The Kier molecular flexibility index (Phi) is 3.83. The van der Waals surface area contributed by atoms with Crippen molar-refractivity contribution >= 4 is 33.9 Å². The number of fused-ring (bicyclic) bond motifs is 1. The fourth-order valence-corrected chi connectivity index (χ4v) is 3.50. The molecule has 0 saturated carbocycles. The van der Waals surface area contributed by atoms with Gasteiger partial charge in [-0.05, 0) is 43.8 Å². The van der Waals surface area contributed by atoms with E-state index in [4.69, 9.17) is 16.0 Å². The Hall–Kier alpha value is -1.29. The molecule has 0 aliphatic rings. The predicted octanol–water partition coefficient (Wildman–Crippen LogP) is 5.16. The van der Waals surface area contributed by atoms with Crippen LogP contribution in [0.1, 0.15) is 29.2 Å². The van der Waals surface area contributed by atoms with Gasteiger partial charge in [-0.1, -0.05) is 30.2 Å². The number of benzene rings is 1. The third-order valence-electron chi connectivity index (χ3n) is 3.26. The maximum absolute atomic E-state index is 6.05.